The van der Waals surface area contributed by atoms with Crippen molar-refractivity contribution in [2.75, 3.05) is 0 Å². The van der Waals surface area contributed by atoms with Crippen LogP contribution in [0.5, 0.6) is 0 Å². The first-order chi connectivity index (χ1) is 9.26. The van der Waals surface area contributed by atoms with Crippen molar-refractivity contribution in [1.29, 1.82) is 0 Å². The zero-order valence-electron chi connectivity index (χ0n) is 11.9. The van der Waals surface area contributed by atoms with Crippen LogP contribution in [0, 0.1) is 5.41 Å². The van der Waals surface area contributed by atoms with E-state index in [4.69, 9.17) is 16.7 Å². The molecule has 0 aromatic heterocycles. The molecule has 0 radical (unpaired) electrons. The number of carboxylic acid groups (broad SMARTS) is 1. The molecule has 5 heteroatoms. The van der Waals surface area contributed by atoms with Crippen molar-refractivity contribution in [2.45, 2.75) is 39.7 Å². The number of carboxylic acids is 1. The Morgan fingerprint density at radius 1 is 1.40 bits per heavy atom. The van der Waals surface area contributed by atoms with Crippen LogP contribution in [0.25, 0.3) is 0 Å². The van der Waals surface area contributed by atoms with Crippen LogP contribution in [0.15, 0.2) is 24.3 Å². The van der Waals surface area contributed by atoms with Crippen LogP contribution in [0.4, 0.5) is 0 Å². The number of hydrogen-bond acceptors (Lipinski definition) is 2. The normalized spacial score (nSPS) is 12.8. The van der Waals surface area contributed by atoms with Crippen LogP contribution in [0.3, 0.4) is 0 Å². The largest absolute Gasteiger partial charge is 0.481 e. The zero-order chi connectivity index (χ0) is 15.3. The van der Waals surface area contributed by atoms with Gasteiger partial charge in [0.1, 0.15) is 0 Å². The fourth-order valence-corrected chi connectivity index (χ4v) is 2.07. The minimum absolute atomic E-state index is 0.0562. The lowest BCUT2D eigenvalue weighted by Crippen LogP contribution is -2.35. The molecule has 1 aromatic carbocycles. The lowest BCUT2D eigenvalue weighted by atomic mass is 9.89. The second-order valence-electron chi connectivity index (χ2n) is 5.45. The molecule has 4 nitrogen and oxygen atoms in total. The van der Waals surface area contributed by atoms with Gasteiger partial charge < -0.3 is 10.4 Å². The first-order valence-corrected chi connectivity index (χ1v) is 6.92. The molecule has 1 atom stereocenters. The molecule has 0 saturated carbocycles. The third-order valence-corrected chi connectivity index (χ3v) is 3.41. The maximum Gasteiger partial charge on any atom is 0.309 e. The molecule has 0 saturated heterocycles. The summed E-state index contributed by atoms with van der Waals surface area (Å²) in [4.78, 5) is 23.0. The lowest BCUT2D eigenvalue weighted by Gasteiger charge is -2.22. The van der Waals surface area contributed by atoms with E-state index in [1.54, 1.807) is 12.1 Å². The summed E-state index contributed by atoms with van der Waals surface area (Å²) in [5.41, 5.74) is -0.155. The summed E-state index contributed by atoms with van der Waals surface area (Å²) in [5.74, 6) is -1.26. The minimum atomic E-state index is -1.07. The molecule has 110 valence electrons. The zero-order valence-corrected chi connectivity index (χ0v) is 12.7. The van der Waals surface area contributed by atoms with Crippen LogP contribution in [-0.4, -0.2) is 17.0 Å². The summed E-state index contributed by atoms with van der Waals surface area (Å²) >= 11 is 5.94. The highest BCUT2D eigenvalue weighted by Gasteiger charge is 2.30. The van der Waals surface area contributed by atoms with Crippen LogP contribution >= 0.6 is 11.6 Å². The number of amides is 1. The van der Waals surface area contributed by atoms with Gasteiger partial charge in [-0.05, 0) is 38.0 Å². The molecule has 2 N–H and O–H groups in total. The molecule has 0 bridgehead atoms. The predicted octanol–water partition coefficient (Wildman–Crippen LogP) is 3.41. The molecule has 0 aliphatic heterocycles. The van der Waals surface area contributed by atoms with Crippen molar-refractivity contribution in [2.24, 2.45) is 5.41 Å². The third-order valence-electron chi connectivity index (χ3n) is 3.18. The van der Waals surface area contributed by atoms with Crippen molar-refractivity contribution in [3.8, 4) is 0 Å². The Morgan fingerprint density at radius 3 is 2.55 bits per heavy atom. The lowest BCUT2D eigenvalue weighted by molar-refractivity contribution is -0.149. The van der Waals surface area contributed by atoms with E-state index in [9.17, 15) is 9.59 Å². The van der Waals surface area contributed by atoms with Crippen molar-refractivity contribution in [3.63, 3.8) is 0 Å². The number of nitrogens with one attached hydrogen (secondary N) is 1. The molecular weight excluding hydrogens is 278 g/mol. The highest BCUT2D eigenvalue weighted by molar-refractivity contribution is 6.30. The highest BCUT2D eigenvalue weighted by atomic mass is 35.5. The second-order valence-corrected chi connectivity index (χ2v) is 5.89. The Morgan fingerprint density at radius 2 is 2.05 bits per heavy atom. The summed E-state index contributed by atoms with van der Waals surface area (Å²) in [5, 5.41) is 12.5. The number of benzene rings is 1. The monoisotopic (exact) mass is 297 g/mol. The van der Waals surface area contributed by atoms with Crippen LogP contribution in [-0.2, 0) is 9.59 Å². The van der Waals surface area contributed by atoms with Crippen LogP contribution < -0.4 is 5.32 Å². The van der Waals surface area contributed by atoms with E-state index in [1.807, 2.05) is 19.1 Å². The molecule has 1 unspecified atom stereocenters. The van der Waals surface area contributed by atoms with E-state index >= 15 is 0 Å². The SMILES string of the molecule is CCC(NC(=O)CC(C)(C)C(=O)O)c1cccc(Cl)c1. The summed E-state index contributed by atoms with van der Waals surface area (Å²) in [6, 6.07) is 7.13. The molecule has 1 aromatic rings. The Balaban J connectivity index is 2.74. The van der Waals surface area contributed by atoms with Gasteiger partial charge in [-0.2, -0.15) is 0 Å². The summed E-state index contributed by atoms with van der Waals surface area (Å²) in [6.45, 7) is 5.03. The van der Waals surface area contributed by atoms with E-state index in [2.05, 4.69) is 5.32 Å². The van der Waals surface area contributed by atoms with Crippen LogP contribution in [0.1, 0.15) is 45.2 Å². The first-order valence-electron chi connectivity index (χ1n) is 6.54. The van der Waals surface area contributed by atoms with Gasteiger partial charge in [-0.15, -0.1) is 0 Å². The van der Waals surface area contributed by atoms with E-state index in [0.717, 1.165) is 5.56 Å². The molecule has 0 spiro atoms. The van der Waals surface area contributed by atoms with Gasteiger partial charge in [-0.25, -0.2) is 0 Å². The molecule has 0 heterocycles. The number of hydrogen-bond donors (Lipinski definition) is 2. The van der Waals surface area contributed by atoms with Crippen molar-refractivity contribution in [3.05, 3.63) is 34.9 Å². The Hall–Kier alpha value is -1.55. The minimum Gasteiger partial charge on any atom is -0.481 e. The smallest absolute Gasteiger partial charge is 0.309 e. The number of carbonyl (C=O) groups is 2. The molecule has 1 amide bonds. The summed E-state index contributed by atoms with van der Waals surface area (Å²) < 4.78 is 0. The van der Waals surface area contributed by atoms with Gasteiger partial charge in [0.05, 0.1) is 11.5 Å². The number of rotatable bonds is 6. The van der Waals surface area contributed by atoms with Gasteiger partial charge in [0.2, 0.25) is 5.91 Å². The fourth-order valence-electron chi connectivity index (χ4n) is 1.87. The van der Waals surface area contributed by atoms with Gasteiger partial charge in [-0.1, -0.05) is 30.7 Å². The molecule has 20 heavy (non-hydrogen) atoms. The standard InChI is InChI=1S/C15H20ClNO3/c1-4-12(10-6-5-7-11(16)8-10)17-13(18)9-15(2,3)14(19)20/h5-8,12H,4,9H2,1-3H3,(H,17,18)(H,19,20). The third kappa shape index (κ3) is 4.53. The van der Waals surface area contributed by atoms with Gasteiger partial charge in [0.25, 0.3) is 0 Å². The van der Waals surface area contributed by atoms with Crippen LogP contribution in [0.2, 0.25) is 5.02 Å². The first kappa shape index (κ1) is 16.5. The van der Waals surface area contributed by atoms with Gasteiger partial charge in [0, 0.05) is 11.4 Å². The van der Waals surface area contributed by atoms with Gasteiger partial charge >= 0.3 is 5.97 Å². The van der Waals surface area contributed by atoms with E-state index < -0.39 is 11.4 Å². The number of aliphatic carboxylic acids is 1. The Kier molecular flexibility index (Phi) is 5.57. The topological polar surface area (TPSA) is 66.4 Å². The molecule has 1 rings (SSSR count). The van der Waals surface area contributed by atoms with Gasteiger partial charge in [-0.3, -0.25) is 9.59 Å². The fraction of sp³-hybridized carbons (Fsp3) is 0.467. The maximum absolute atomic E-state index is 12.0. The quantitative estimate of drug-likeness (QED) is 0.845. The number of carbonyl (C=O) groups excluding carboxylic acids is 1. The molecular formula is C15H20ClNO3. The molecule has 0 aliphatic carbocycles. The van der Waals surface area contributed by atoms with Gasteiger partial charge in [0.15, 0.2) is 0 Å². The van der Waals surface area contributed by atoms with Crippen molar-refractivity contribution >= 4 is 23.5 Å². The van der Waals surface area contributed by atoms with E-state index in [1.165, 1.54) is 13.8 Å². The summed E-state index contributed by atoms with van der Waals surface area (Å²) in [7, 11) is 0. The van der Waals surface area contributed by atoms with E-state index in [-0.39, 0.29) is 18.4 Å². The highest BCUT2D eigenvalue weighted by Crippen LogP contribution is 2.23. The maximum atomic E-state index is 12.0. The Bertz CT molecular complexity index is 500. The van der Waals surface area contributed by atoms with Crippen molar-refractivity contribution in [1.82, 2.24) is 5.32 Å². The summed E-state index contributed by atoms with van der Waals surface area (Å²) in [6.07, 6.45) is 0.652. The number of halogens is 1. The average Bonchev–Trinajstić information content (AvgIpc) is 2.35. The molecule has 0 aliphatic rings. The second kappa shape index (κ2) is 6.75. The molecule has 0 fully saturated rings. The van der Waals surface area contributed by atoms with E-state index in [0.29, 0.717) is 11.4 Å². The average molecular weight is 298 g/mol. The Labute approximate surface area is 124 Å². The predicted molar refractivity (Wildman–Crippen MR) is 78.7 cm³/mol. The van der Waals surface area contributed by atoms with Crippen molar-refractivity contribution < 1.29 is 14.7 Å².